The Kier molecular flexibility index (Phi) is 5.64. The van der Waals surface area contributed by atoms with Gasteiger partial charge in [0.05, 0.1) is 26.3 Å². The van der Waals surface area contributed by atoms with Gasteiger partial charge in [0.1, 0.15) is 11.5 Å². The van der Waals surface area contributed by atoms with Crippen LogP contribution >= 0.6 is 0 Å². The normalized spacial score (nSPS) is 13.6. The number of hydrogen-bond donors (Lipinski definition) is 1. The van der Waals surface area contributed by atoms with E-state index in [0.717, 1.165) is 23.3 Å². The molecule has 142 valence electrons. The van der Waals surface area contributed by atoms with E-state index in [0.29, 0.717) is 30.1 Å². The molecule has 0 aliphatic carbocycles. The van der Waals surface area contributed by atoms with Gasteiger partial charge in [0, 0.05) is 18.7 Å². The van der Waals surface area contributed by atoms with E-state index in [-0.39, 0.29) is 18.2 Å². The van der Waals surface area contributed by atoms with Gasteiger partial charge in [-0.1, -0.05) is 12.1 Å². The molecule has 0 spiro atoms. The number of methoxy groups -OCH3 is 2. The summed E-state index contributed by atoms with van der Waals surface area (Å²) < 4.78 is 10.7. The molecule has 1 fully saturated rings. The fourth-order valence-corrected chi connectivity index (χ4v) is 3.25. The van der Waals surface area contributed by atoms with Crippen molar-refractivity contribution in [1.29, 1.82) is 0 Å². The lowest BCUT2D eigenvalue weighted by Gasteiger charge is -2.20. The summed E-state index contributed by atoms with van der Waals surface area (Å²) in [6.45, 7) is 2.62. The van der Waals surface area contributed by atoms with E-state index in [1.807, 2.05) is 25.1 Å². The van der Waals surface area contributed by atoms with Crippen LogP contribution in [0.15, 0.2) is 36.4 Å². The standard InChI is InChI=1S/C21H24N2O4/c1-14-6-7-15(11-19(14)27-3)12-20(24)22-16-8-9-18(26-2)17(13-16)23-10-4-5-21(23)25/h6-9,11,13H,4-5,10,12H2,1-3H3,(H,22,24). The minimum atomic E-state index is -0.134. The van der Waals surface area contributed by atoms with Crippen LogP contribution in [0, 0.1) is 6.92 Å². The highest BCUT2D eigenvalue weighted by atomic mass is 16.5. The first-order chi connectivity index (χ1) is 13.0. The molecule has 3 rings (SSSR count). The number of nitrogens with zero attached hydrogens (tertiary/aromatic N) is 1. The molecule has 6 nitrogen and oxygen atoms in total. The van der Waals surface area contributed by atoms with Crippen molar-refractivity contribution < 1.29 is 19.1 Å². The Hall–Kier alpha value is -3.02. The third kappa shape index (κ3) is 4.22. The fraction of sp³-hybridized carbons (Fsp3) is 0.333. The summed E-state index contributed by atoms with van der Waals surface area (Å²) in [7, 11) is 3.19. The largest absolute Gasteiger partial charge is 0.496 e. The van der Waals surface area contributed by atoms with Crippen molar-refractivity contribution in [3.63, 3.8) is 0 Å². The Morgan fingerprint density at radius 3 is 2.56 bits per heavy atom. The van der Waals surface area contributed by atoms with Crippen LogP contribution < -0.4 is 19.7 Å². The monoisotopic (exact) mass is 368 g/mol. The molecule has 0 aromatic heterocycles. The van der Waals surface area contributed by atoms with E-state index in [9.17, 15) is 9.59 Å². The van der Waals surface area contributed by atoms with Crippen LogP contribution in [0.4, 0.5) is 11.4 Å². The minimum absolute atomic E-state index is 0.0727. The third-order valence-electron chi connectivity index (χ3n) is 4.66. The van der Waals surface area contributed by atoms with Gasteiger partial charge in [0.25, 0.3) is 0 Å². The summed E-state index contributed by atoms with van der Waals surface area (Å²) in [5.74, 6) is 1.32. The van der Waals surface area contributed by atoms with Gasteiger partial charge in [-0.2, -0.15) is 0 Å². The summed E-state index contributed by atoms with van der Waals surface area (Å²) >= 11 is 0. The van der Waals surface area contributed by atoms with Gasteiger partial charge in [0.2, 0.25) is 11.8 Å². The molecule has 27 heavy (non-hydrogen) atoms. The van der Waals surface area contributed by atoms with Crippen LogP contribution in [0.2, 0.25) is 0 Å². The minimum Gasteiger partial charge on any atom is -0.496 e. The van der Waals surface area contributed by atoms with Gasteiger partial charge in [0.15, 0.2) is 0 Å². The maximum atomic E-state index is 12.5. The average Bonchev–Trinajstić information content (AvgIpc) is 3.09. The fourth-order valence-electron chi connectivity index (χ4n) is 3.25. The molecule has 2 aromatic carbocycles. The number of carbonyl (C=O) groups excluding carboxylic acids is 2. The maximum Gasteiger partial charge on any atom is 0.228 e. The first-order valence-electron chi connectivity index (χ1n) is 8.93. The Labute approximate surface area is 159 Å². The second kappa shape index (κ2) is 8.12. The molecule has 0 saturated carbocycles. The highest BCUT2D eigenvalue weighted by Crippen LogP contribution is 2.34. The molecule has 1 heterocycles. The molecule has 0 radical (unpaired) electrons. The molecular weight excluding hydrogens is 344 g/mol. The SMILES string of the molecule is COc1cc(CC(=O)Nc2ccc(OC)c(N3CCCC3=O)c2)ccc1C. The van der Waals surface area contributed by atoms with Crippen LogP contribution in [0.5, 0.6) is 11.5 Å². The van der Waals surface area contributed by atoms with Gasteiger partial charge >= 0.3 is 0 Å². The van der Waals surface area contributed by atoms with E-state index in [2.05, 4.69) is 5.32 Å². The average molecular weight is 368 g/mol. The van der Waals surface area contributed by atoms with E-state index >= 15 is 0 Å². The van der Waals surface area contributed by atoms with Crippen molar-refractivity contribution in [2.75, 3.05) is 31.0 Å². The van der Waals surface area contributed by atoms with E-state index < -0.39 is 0 Å². The number of carbonyl (C=O) groups is 2. The predicted molar refractivity (Wildman–Crippen MR) is 105 cm³/mol. The summed E-state index contributed by atoms with van der Waals surface area (Å²) in [4.78, 5) is 26.2. The smallest absolute Gasteiger partial charge is 0.228 e. The number of nitrogens with one attached hydrogen (secondary N) is 1. The lowest BCUT2D eigenvalue weighted by atomic mass is 10.1. The van der Waals surface area contributed by atoms with Crippen LogP contribution in [-0.2, 0) is 16.0 Å². The molecule has 2 aromatic rings. The molecular formula is C21H24N2O4. The number of amides is 2. The van der Waals surface area contributed by atoms with E-state index in [1.54, 1.807) is 37.3 Å². The van der Waals surface area contributed by atoms with E-state index in [1.165, 1.54) is 0 Å². The Morgan fingerprint density at radius 1 is 1.11 bits per heavy atom. The summed E-state index contributed by atoms with van der Waals surface area (Å²) in [5.41, 5.74) is 3.22. The van der Waals surface area contributed by atoms with Crippen LogP contribution in [-0.4, -0.2) is 32.6 Å². The van der Waals surface area contributed by atoms with Gasteiger partial charge in [-0.25, -0.2) is 0 Å². The predicted octanol–water partition coefficient (Wildman–Crippen LogP) is 3.32. The molecule has 1 aliphatic rings. The first-order valence-corrected chi connectivity index (χ1v) is 8.93. The topological polar surface area (TPSA) is 67.9 Å². The zero-order valence-electron chi connectivity index (χ0n) is 15.9. The number of ether oxygens (including phenoxy) is 2. The summed E-state index contributed by atoms with van der Waals surface area (Å²) in [5, 5.41) is 2.90. The number of aryl methyl sites for hydroxylation is 1. The van der Waals surface area contributed by atoms with Crippen molar-refractivity contribution >= 4 is 23.2 Å². The lowest BCUT2D eigenvalue weighted by molar-refractivity contribution is -0.117. The molecule has 2 amide bonds. The molecule has 0 unspecified atom stereocenters. The van der Waals surface area contributed by atoms with Crippen LogP contribution in [0.25, 0.3) is 0 Å². The molecule has 1 N–H and O–H groups in total. The van der Waals surface area contributed by atoms with E-state index in [4.69, 9.17) is 9.47 Å². The van der Waals surface area contributed by atoms with Gasteiger partial charge in [-0.3, -0.25) is 9.59 Å². The maximum absolute atomic E-state index is 12.5. The van der Waals surface area contributed by atoms with Crippen molar-refractivity contribution in [1.82, 2.24) is 0 Å². The molecule has 1 saturated heterocycles. The van der Waals surface area contributed by atoms with Gasteiger partial charge in [-0.15, -0.1) is 0 Å². The number of benzene rings is 2. The van der Waals surface area contributed by atoms with Gasteiger partial charge < -0.3 is 19.7 Å². The summed E-state index contributed by atoms with van der Waals surface area (Å²) in [6, 6.07) is 11.1. The van der Waals surface area contributed by atoms with Gasteiger partial charge in [-0.05, 0) is 48.7 Å². The zero-order chi connectivity index (χ0) is 19.4. The lowest BCUT2D eigenvalue weighted by Crippen LogP contribution is -2.24. The van der Waals surface area contributed by atoms with Crippen molar-refractivity contribution in [3.8, 4) is 11.5 Å². The van der Waals surface area contributed by atoms with Crippen LogP contribution in [0.3, 0.4) is 0 Å². The number of rotatable bonds is 6. The van der Waals surface area contributed by atoms with Crippen LogP contribution in [0.1, 0.15) is 24.0 Å². The second-order valence-corrected chi connectivity index (χ2v) is 6.56. The number of anilines is 2. The highest BCUT2D eigenvalue weighted by Gasteiger charge is 2.24. The Morgan fingerprint density at radius 2 is 1.89 bits per heavy atom. The summed E-state index contributed by atoms with van der Waals surface area (Å²) in [6.07, 6.45) is 1.60. The second-order valence-electron chi connectivity index (χ2n) is 6.56. The third-order valence-corrected chi connectivity index (χ3v) is 4.66. The molecule has 0 bridgehead atoms. The van der Waals surface area contributed by atoms with Crippen molar-refractivity contribution in [2.45, 2.75) is 26.2 Å². The Bertz CT molecular complexity index is 863. The quantitative estimate of drug-likeness (QED) is 0.849. The number of hydrogen-bond acceptors (Lipinski definition) is 4. The zero-order valence-corrected chi connectivity index (χ0v) is 15.9. The molecule has 6 heteroatoms. The van der Waals surface area contributed by atoms with Crippen molar-refractivity contribution in [3.05, 3.63) is 47.5 Å². The first kappa shape index (κ1) is 18.8. The molecule has 1 aliphatic heterocycles. The Balaban J connectivity index is 1.75. The van der Waals surface area contributed by atoms with Crippen molar-refractivity contribution in [2.24, 2.45) is 0 Å². The highest BCUT2D eigenvalue weighted by molar-refractivity contribution is 5.98. The molecule has 0 atom stereocenters.